The van der Waals surface area contributed by atoms with E-state index in [9.17, 15) is 18.0 Å². The molecule has 1 rings (SSSR count). The maximum absolute atomic E-state index is 12.1. The quantitative estimate of drug-likeness (QED) is 0.792. The van der Waals surface area contributed by atoms with Crippen molar-refractivity contribution in [3.8, 4) is 0 Å². The molecule has 0 aliphatic carbocycles. The Labute approximate surface area is 129 Å². The fraction of sp³-hybridized carbons (Fsp3) is 0.462. The van der Waals surface area contributed by atoms with Crippen molar-refractivity contribution in [1.82, 2.24) is 15.0 Å². The molecule has 1 heterocycles. The Kier molecular flexibility index (Phi) is 6.29. The van der Waals surface area contributed by atoms with Crippen molar-refractivity contribution in [3.05, 3.63) is 24.5 Å². The third-order valence-corrected chi connectivity index (χ3v) is 4.01. The highest BCUT2D eigenvalue weighted by atomic mass is 32.2. The molecule has 0 aromatic carbocycles. The topological polar surface area (TPSA) is 114 Å². The van der Waals surface area contributed by atoms with Crippen LogP contribution in [-0.4, -0.2) is 38.1 Å². The molecular formula is C13H19N3O5S. The number of carbonyl (C=O) groups excluding carboxylic acids is 2. The molecule has 0 unspecified atom stereocenters. The Hall–Kier alpha value is -2.16. The van der Waals surface area contributed by atoms with E-state index < -0.39 is 28.1 Å². The summed E-state index contributed by atoms with van der Waals surface area (Å²) in [6.07, 6.45) is 1.76. The van der Waals surface area contributed by atoms with Gasteiger partial charge in [0, 0.05) is 12.4 Å². The second kappa shape index (κ2) is 7.74. The average molecular weight is 329 g/mol. The predicted molar refractivity (Wildman–Crippen MR) is 78.3 cm³/mol. The third-order valence-electron chi connectivity index (χ3n) is 2.68. The first-order valence-corrected chi connectivity index (χ1v) is 8.16. The monoisotopic (exact) mass is 329 g/mol. The number of sulfonamides is 1. The van der Waals surface area contributed by atoms with Gasteiger partial charge in [0.05, 0.1) is 6.61 Å². The summed E-state index contributed by atoms with van der Waals surface area (Å²) >= 11 is 0. The number of hydrogen-bond donors (Lipinski definition) is 2. The van der Waals surface area contributed by atoms with Crippen LogP contribution >= 0.6 is 0 Å². The normalized spacial score (nSPS) is 12.5. The Morgan fingerprint density at radius 3 is 2.55 bits per heavy atom. The lowest BCUT2D eigenvalue weighted by atomic mass is 10.0. The van der Waals surface area contributed by atoms with E-state index in [4.69, 9.17) is 4.74 Å². The van der Waals surface area contributed by atoms with Crippen molar-refractivity contribution in [1.29, 1.82) is 0 Å². The molecular weight excluding hydrogens is 310 g/mol. The van der Waals surface area contributed by atoms with Gasteiger partial charge in [-0.1, -0.05) is 13.8 Å². The molecule has 9 heteroatoms. The number of nitrogens with zero attached hydrogens (tertiary/aromatic N) is 1. The summed E-state index contributed by atoms with van der Waals surface area (Å²) in [7, 11) is -4.04. The van der Waals surface area contributed by atoms with Crippen LogP contribution in [0.4, 0.5) is 4.79 Å². The number of rotatable bonds is 6. The molecule has 1 atom stereocenters. The molecule has 1 aromatic rings. The Balaban J connectivity index is 2.85. The summed E-state index contributed by atoms with van der Waals surface area (Å²) in [5, 5.41) is 2.34. The van der Waals surface area contributed by atoms with Crippen molar-refractivity contribution in [2.75, 3.05) is 6.61 Å². The van der Waals surface area contributed by atoms with Crippen LogP contribution in [0.5, 0.6) is 0 Å². The van der Waals surface area contributed by atoms with Crippen LogP contribution in [0.15, 0.2) is 29.4 Å². The lowest BCUT2D eigenvalue weighted by Gasteiger charge is -2.21. The van der Waals surface area contributed by atoms with Crippen molar-refractivity contribution < 1.29 is 22.7 Å². The number of nitrogens with one attached hydrogen (secondary N) is 2. The number of carbonyl (C=O) groups is 2. The first kappa shape index (κ1) is 17.9. The summed E-state index contributed by atoms with van der Waals surface area (Å²) in [6, 6.07) is 1.72. The summed E-state index contributed by atoms with van der Waals surface area (Å²) in [4.78, 5) is 27.1. The van der Waals surface area contributed by atoms with Gasteiger partial charge >= 0.3 is 6.09 Å². The molecule has 22 heavy (non-hydrogen) atoms. The van der Waals surface area contributed by atoms with E-state index in [0.29, 0.717) is 0 Å². The molecule has 0 radical (unpaired) electrons. The van der Waals surface area contributed by atoms with Gasteiger partial charge in [-0.3, -0.25) is 9.78 Å². The lowest BCUT2D eigenvalue weighted by molar-refractivity contribution is -0.122. The van der Waals surface area contributed by atoms with Crippen LogP contribution in [0.2, 0.25) is 0 Å². The standard InChI is InChI=1S/C13H19N3O5S/c1-4-21-13(18)15-11(9(2)3)12(17)16-22(19,20)10-6-5-7-14-8-10/h5-9,11H,4H2,1-3H3,(H,15,18)(H,16,17)/t11-/m0/s1. The Morgan fingerprint density at radius 2 is 2.05 bits per heavy atom. The average Bonchev–Trinajstić information content (AvgIpc) is 2.45. The maximum Gasteiger partial charge on any atom is 0.407 e. The minimum absolute atomic E-state index is 0.137. The van der Waals surface area contributed by atoms with E-state index in [1.54, 1.807) is 20.8 Å². The van der Waals surface area contributed by atoms with Gasteiger partial charge in [-0.05, 0) is 25.0 Å². The van der Waals surface area contributed by atoms with Crippen LogP contribution in [0, 0.1) is 5.92 Å². The number of pyridine rings is 1. The molecule has 0 aliphatic rings. The molecule has 0 aliphatic heterocycles. The highest BCUT2D eigenvalue weighted by Gasteiger charge is 2.28. The first-order chi connectivity index (χ1) is 10.3. The van der Waals surface area contributed by atoms with Gasteiger partial charge in [-0.25, -0.2) is 17.9 Å². The van der Waals surface area contributed by atoms with Gasteiger partial charge in [0.25, 0.3) is 15.9 Å². The minimum atomic E-state index is -4.04. The van der Waals surface area contributed by atoms with Gasteiger partial charge in [0.2, 0.25) is 0 Å². The predicted octanol–water partition coefficient (Wildman–Crippen LogP) is 0.657. The van der Waals surface area contributed by atoms with Gasteiger partial charge in [0.1, 0.15) is 10.9 Å². The fourth-order valence-corrected chi connectivity index (χ4v) is 2.56. The van der Waals surface area contributed by atoms with E-state index in [1.165, 1.54) is 18.3 Å². The van der Waals surface area contributed by atoms with Gasteiger partial charge in [0.15, 0.2) is 0 Å². The van der Waals surface area contributed by atoms with Crippen LogP contribution in [0.1, 0.15) is 20.8 Å². The number of amides is 2. The second-order valence-electron chi connectivity index (χ2n) is 4.74. The number of ether oxygens (including phenoxy) is 1. The molecule has 0 saturated heterocycles. The molecule has 0 saturated carbocycles. The molecule has 122 valence electrons. The summed E-state index contributed by atoms with van der Waals surface area (Å²) in [6.45, 7) is 5.11. The third kappa shape index (κ3) is 4.99. The highest BCUT2D eigenvalue weighted by Crippen LogP contribution is 2.08. The smallest absolute Gasteiger partial charge is 0.407 e. The molecule has 2 N–H and O–H groups in total. The van der Waals surface area contributed by atoms with Gasteiger partial charge < -0.3 is 10.1 Å². The summed E-state index contributed by atoms with van der Waals surface area (Å²) < 4.78 is 30.8. The second-order valence-corrected chi connectivity index (χ2v) is 6.43. The molecule has 0 fully saturated rings. The fourth-order valence-electron chi connectivity index (χ4n) is 1.60. The molecule has 8 nitrogen and oxygen atoms in total. The van der Waals surface area contributed by atoms with Gasteiger partial charge in [-0.15, -0.1) is 0 Å². The van der Waals surface area contributed by atoms with E-state index in [0.717, 1.165) is 6.20 Å². The zero-order valence-corrected chi connectivity index (χ0v) is 13.4. The molecule has 0 bridgehead atoms. The zero-order valence-electron chi connectivity index (χ0n) is 12.6. The van der Waals surface area contributed by atoms with Crippen LogP contribution in [0.3, 0.4) is 0 Å². The number of alkyl carbamates (subject to hydrolysis) is 1. The van der Waals surface area contributed by atoms with E-state index in [1.807, 2.05) is 4.72 Å². The van der Waals surface area contributed by atoms with Crippen LogP contribution in [-0.2, 0) is 19.6 Å². The number of hydrogen-bond acceptors (Lipinski definition) is 6. The van der Waals surface area contributed by atoms with Crippen molar-refractivity contribution in [2.45, 2.75) is 31.7 Å². The van der Waals surface area contributed by atoms with Crippen molar-refractivity contribution >= 4 is 22.0 Å². The molecule has 1 aromatic heterocycles. The van der Waals surface area contributed by atoms with Gasteiger partial charge in [-0.2, -0.15) is 0 Å². The van der Waals surface area contributed by atoms with E-state index in [2.05, 4.69) is 10.3 Å². The van der Waals surface area contributed by atoms with E-state index >= 15 is 0 Å². The highest BCUT2D eigenvalue weighted by molar-refractivity contribution is 7.90. The van der Waals surface area contributed by atoms with E-state index in [-0.39, 0.29) is 17.4 Å². The first-order valence-electron chi connectivity index (χ1n) is 6.68. The zero-order chi connectivity index (χ0) is 16.8. The van der Waals surface area contributed by atoms with Crippen molar-refractivity contribution in [3.63, 3.8) is 0 Å². The molecule has 0 spiro atoms. The SMILES string of the molecule is CCOC(=O)N[C@H](C(=O)NS(=O)(=O)c1cccnc1)C(C)C. The van der Waals surface area contributed by atoms with Crippen LogP contribution in [0.25, 0.3) is 0 Å². The van der Waals surface area contributed by atoms with Crippen molar-refractivity contribution in [2.24, 2.45) is 5.92 Å². The maximum atomic E-state index is 12.1. The Bertz CT molecular complexity index is 616. The lowest BCUT2D eigenvalue weighted by Crippen LogP contribution is -2.51. The Morgan fingerprint density at radius 1 is 1.36 bits per heavy atom. The number of aromatic nitrogens is 1. The van der Waals surface area contributed by atoms with Crippen LogP contribution < -0.4 is 10.0 Å². The summed E-state index contributed by atoms with van der Waals surface area (Å²) in [5.41, 5.74) is 0. The largest absolute Gasteiger partial charge is 0.450 e. The summed E-state index contributed by atoms with van der Waals surface area (Å²) in [5.74, 6) is -1.17. The molecule has 2 amide bonds. The minimum Gasteiger partial charge on any atom is -0.450 e.